The van der Waals surface area contributed by atoms with E-state index < -0.39 is 0 Å². The molecule has 0 saturated carbocycles. The van der Waals surface area contributed by atoms with Crippen LogP contribution >= 0.6 is 0 Å². The fraction of sp³-hybridized carbons (Fsp3) is 0.194. The number of anilines is 3. The van der Waals surface area contributed by atoms with Crippen molar-refractivity contribution in [3.8, 4) is 34.1 Å². The van der Waals surface area contributed by atoms with Crippen molar-refractivity contribution in [1.29, 1.82) is 0 Å². The Hall–Kier alpha value is -5.41. The predicted molar refractivity (Wildman–Crippen MR) is 181 cm³/mol. The van der Waals surface area contributed by atoms with Crippen LogP contribution in [0.5, 0.6) is 11.6 Å². The normalized spacial score (nSPS) is 11.5. The fourth-order valence-electron chi connectivity index (χ4n) is 5.35. The molecule has 3 aromatic heterocycles. The summed E-state index contributed by atoms with van der Waals surface area (Å²) >= 11 is 0. The van der Waals surface area contributed by atoms with Crippen LogP contribution in [0.1, 0.15) is 13.8 Å². The highest BCUT2D eigenvalue weighted by Gasteiger charge is 2.19. The molecule has 0 saturated heterocycles. The van der Waals surface area contributed by atoms with Crippen LogP contribution < -0.4 is 15.4 Å². The highest BCUT2D eigenvalue weighted by atomic mass is 16.5. The zero-order valence-corrected chi connectivity index (χ0v) is 25.9. The van der Waals surface area contributed by atoms with Gasteiger partial charge in [0.2, 0.25) is 11.8 Å². The third-order valence-corrected chi connectivity index (χ3v) is 7.24. The molecule has 226 valence electrons. The number of benzene rings is 3. The average Bonchev–Trinajstić information content (AvgIpc) is 3.05. The van der Waals surface area contributed by atoms with Crippen LogP contribution in [0.25, 0.3) is 33.3 Å². The van der Waals surface area contributed by atoms with Crippen molar-refractivity contribution < 1.29 is 4.74 Å². The monoisotopic (exact) mass is 596 g/mol. The molecule has 3 aromatic carbocycles. The van der Waals surface area contributed by atoms with E-state index in [1.54, 1.807) is 12.4 Å². The van der Waals surface area contributed by atoms with Crippen molar-refractivity contribution in [3.63, 3.8) is 0 Å². The molecule has 0 atom stereocenters. The van der Waals surface area contributed by atoms with E-state index in [9.17, 15) is 0 Å². The van der Waals surface area contributed by atoms with E-state index in [0.717, 1.165) is 52.1 Å². The standard InChI is InChI=1S/C36H36N8O/c1-36(2,24-44(3)4)23-39-35-38-22-20-31(41-35)30-15-10-21-37-34(30)45-27-18-16-26(17-19-27)40-33-29-14-9-8-13-28(29)32(42-43-33)25-11-6-5-7-12-25/h5-22H,23-24H2,1-4H3,(H,40,43)(H,38,39,41). The van der Waals surface area contributed by atoms with Gasteiger partial charge in [-0.1, -0.05) is 68.4 Å². The van der Waals surface area contributed by atoms with Gasteiger partial charge in [0.15, 0.2) is 5.82 Å². The molecule has 9 heteroatoms. The molecule has 6 aromatic rings. The van der Waals surface area contributed by atoms with Crippen molar-refractivity contribution in [2.24, 2.45) is 5.41 Å². The summed E-state index contributed by atoms with van der Waals surface area (Å²) in [6.45, 7) is 6.12. The van der Waals surface area contributed by atoms with Gasteiger partial charge in [0.1, 0.15) is 11.4 Å². The highest BCUT2D eigenvalue weighted by molar-refractivity contribution is 6.00. The van der Waals surface area contributed by atoms with E-state index in [4.69, 9.17) is 9.72 Å². The maximum atomic E-state index is 6.25. The average molecular weight is 597 g/mol. The lowest BCUT2D eigenvalue weighted by Gasteiger charge is -2.28. The Bertz CT molecular complexity index is 1890. The first-order valence-electron chi connectivity index (χ1n) is 14.9. The summed E-state index contributed by atoms with van der Waals surface area (Å²) in [5, 5.41) is 17.9. The summed E-state index contributed by atoms with van der Waals surface area (Å²) < 4.78 is 6.25. The zero-order valence-electron chi connectivity index (χ0n) is 25.9. The smallest absolute Gasteiger partial charge is 0.228 e. The molecule has 0 spiro atoms. The Morgan fingerprint density at radius 2 is 1.51 bits per heavy atom. The van der Waals surface area contributed by atoms with Crippen LogP contribution in [0.15, 0.2) is 109 Å². The van der Waals surface area contributed by atoms with Crippen LogP contribution in [0.3, 0.4) is 0 Å². The van der Waals surface area contributed by atoms with Crippen molar-refractivity contribution in [3.05, 3.63) is 109 Å². The quantitative estimate of drug-likeness (QED) is 0.156. The topological polar surface area (TPSA) is 101 Å². The third kappa shape index (κ3) is 7.22. The Balaban J connectivity index is 1.18. The van der Waals surface area contributed by atoms with Gasteiger partial charge in [-0.15, -0.1) is 10.2 Å². The van der Waals surface area contributed by atoms with Gasteiger partial charge in [-0.3, -0.25) is 0 Å². The summed E-state index contributed by atoms with van der Waals surface area (Å²) in [7, 11) is 4.15. The molecule has 0 radical (unpaired) electrons. The molecule has 0 bridgehead atoms. The van der Waals surface area contributed by atoms with Crippen molar-refractivity contribution in [1.82, 2.24) is 30.0 Å². The van der Waals surface area contributed by atoms with Gasteiger partial charge in [0.05, 0.1) is 11.3 Å². The number of hydrogen-bond donors (Lipinski definition) is 2. The Labute approximate surface area is 263 Å². The minimum atomic E-state index is 0.0533. The minimum absolute atomic E-state index is 0.0533. The maximum absolute atomic E-state index is 6.25. The highest BCUT2D eigenvalue weighted by Crippen LogP contribution is 2.33. The zero-order chi connectivity index (χ0) is 31.2. The lowest BCUT2D eigenvalue weighted by atomic mass is 9.93. The van der Waals surface area contributed by atoms with E-state index in [0.29, 0.717) is 23.4 Å². The molecule has 0 fully saturated rings. The van der Waals surface area contributed by atoms with E-state index in [2.05, 4.69) is 75.8 Å². The second-order valence-electron chi connectivity index (χ2n) is 11.9. The van der Waals surface area contributed by atoms with E-state index in [1.165, 1.54) is 0 Å². The van der Waals surface area contributed by atoms with Gasteiger partial charge in [-0.05, 0) is 62.0 Å². The summed E-state index contributed by atoms with van der Waals surface area (Å²) in [6, 6.07) is 31.6. The second kappa shape index (κ2) is 13.1. The lowest BCUT2D eigenvalue weighted by molar-refractivity contribution is 0.254. The van der Waals surface area contributed by atoms with E-state index in [-0.39, 0.29) is 5.41 Å². The third-order valence-electron chi connectivity index (χ3n) is 7.24. The molecule has 0 unspecified atom stereocenters. The fourth-order valence-corrected chi connectivity index (χ4v) is 5.35. The molecular formula is C36H36N8O. The largest absolute Gasteiger partial charge is 0.438 e. The van der Waals surface area contributed by atoms with Crippen LogP contribution in [0.4, 0.5) is 17.5 Å². The van der Waals surface area contributed by atoms with Crippen molar-refractivity contribution in [2.75, 3.05) is 37.8 Å². The summed E-state index contributed by atoms with van der Waals surface area (Å²) in [5.74, 6) is 2.36. The number of nitrogens with zero attached hydrogens (tertiary/aromatic N) is 6. The number of pyridine rings is 1. The molecule has 45 heavy (non-hydrogen) atoms. The molecule has 0 aliphatic carbocycles. The molecule has 9 nitrogen and oxygen atoms in total. The molecule has 3 heterocycles. The van der Waals surface area contributed by atoms with Crippen LogP contribution in [-0.2, 0) is 0 Å². The molecule has 0 amide bonds. The first-order chi connectivity index (χ1) is 21.8. The Morgan fingerprint density at radius 1 is 0.756 bits per heavy atom. The number of hydrogen-bond acceptors (Lipinski definition) is 9. The lowest BCUT2D eigenvalue weighted by Crippen LogP contribution is -2.34. The van der Waals surface area contributed by atoms with Gasteiger partial charge in [0.25, 0.3) is 0 Å². The second-order valence-corrected chi connectivity index (χ2v) is 11.9. The molecular weight excluding hydrogens is 560 g/mol. The summed E-state index contributed by atoms with van der Waals surface area (Å²) in [5.41, 5.74) is 4.30. The number of aromatic nitrogens is 5. The molecule has 2 N–H and O–H groups in total. The van der Waals surface area contributed by atoms with Crippen LogP contribution in [0, 0.1) is 5.41 Å². The van der Waals surface area contributed by atoms with E-state index in [1.807, 2.05) is 84.9 Å². The predicted octanol–water partition coefficient (Wildman–Crippen LogP) is 7.68. The summed E-state index contributed by atoms with van der Waals surface area (Å²) in [4.78, 5) is 15.9. The molecule has 0 aliphatic rings. The molecule has 0 aliphatic heterocycles. The van der Waals surface area contributed by atoms with Gasteiger partial charge < -0.3 is 20.3 Å². The van der Waals surface area contributed by atoms with Gasteiger partial charge in [-0.2, -0.15) is 0 Å². The first kappa shape index (κ1) is 29.7. The summed E-state index contributed by atoms with van der Waals surface area (Å²) in [6.07, 6.45) is 3.46. The molecule has 6 rings (SSSR count). The van der Waals surface area contributed by atoms with Crippen molar-refractivity contribution >= 4 is 28.2 Å². The minimum Gasteiger partial charge on any atom is -0.438 e. The van der Waals surface area contributed by atoms with Crippen LogP contribution in [0.2, 0.25) is 0 Å². The Kier molecular flexibility index (Phi) is 8.61. The SMILES string of the molecule is CN(C)CC(C)(C)CNc1nccc(-c2cccnc2Oc2ccc(Nc3nnc(-c4ccccc4)c4ccccc34)cc2)n1. The maximum Gasteiger partial charge on any atom is 0.228 e. The van der Waals surface area contributed by atoms with E-state index >= 15 is 0 Å². The number of rotatable bonds is 11. The van der Waals surface area contributed by atoms with Crippen LogP contribution in [-0.4, -0.2) is 57.2 Å². The van der Waals surface area contributed by atoms with Gasteiger partial charge >= 0.3 is 0 Å². The van der Waals surface area contributed by atoms with Crippen molar-refractivity contribution in [2.45, 2.75) is 13.8 Å². The number of nitrogens with one attached hydrogen (secondary N) is 2. The number of ether oxygens (including phenoxy) is 1. The van der Waals surface area contributed by atoms with Gasteiger partial charge in [-0.25, -0.2) is 15.0 Å². The Morgan fingerprint density at radius 3 is 2.29 bits per heavy atom. The first-order valence-corrected chi connectivity index (χ1v) is 14.9. The van der Waals surface area contributed by atoms with Gasteiger partial charge in [0, 0.05) is 47.5 Å². The number of fused-ring (bicyclic) bond motifs is 1.